The maximum atomic E-state index is 11.6. The number of ether oxygens (including phenoxy) is 1. The fraction of sp³-hybridized carbons (Fsp3) is 0.333. The molecule has 2 rings (SSSR count). The number of non-ortho nitro benzene ring substituents is 1. The zero-order valence-corrected chi connectivity index (χ0v) is 13.1. The van der Waals surface area contributed by atoms with Crippen LogP contribution in [-0.4, -0.2) is 26.9 Å². The minimum atomic E-state index is -0.760. The quantitative estimate of drug-likeness (QED) is 0.430. The third-order valence-electron chi connectivity index (χ3n) is 3.10. The van der Waals surface area contributed by atoms with E-state index in [-0.39, 0.29) is 36.1 Å². The Morgan fingerprint density at radius 2 is 1.92 bits per heavy atom. The molecule has 9 nitrogen and oxygen atoms in total. The van der Waals surface area contributed by atoms with Gasteiger partial charge in [0.1, 0.15) is 5.78 Å². The highest BCUT2D eigenvalue weighted by Gasteiger charge is 2.19. The number of aromatic nitrogens is 2. The van der Waals surface area contributed by atoms with Crippen molar-refractivity contribution in [1.29, 1.82) is 0 Å². The monoisotopic (exact) mass is 333 g/mol. The van der Waals surface area contributed by atoms with Crippen molar-refractivity contribution in [3.63, 3.8) is 0 Å². The second-order valence-electron chi connectivity index (χ2n) is 5.08. The highest BCUT2D eigenvalue weighted by Crippen LogP contribution is 2.24. The van der Waals surface area contributed by atoms with Gasteiger partial charge in [-0.1, -0.05) is 0 Å². The van der Waals surface area contributed by atoms with Crippen LogP contribution in [0.25, 0.3) is 11.5 Å². The Hall–Kier alpha value is -3.10. The van der Waals surface area contributed by atoms with Gasteiger partial charge in [0, 0.05) is 24.1 Å². The lowest BCUT2D eigenvalue weighted by molar-refractivity contribution is -0.384. The molecule has 0 aliphatic carbocycles. The summed E-state index contributed by atoms with van der Waals surface area (Å²) in [5.74, 6) is -0.378. The van der Waals surface area contributed by atoms with E-state index in [4.69, 9.17) is 9.15 Å². The molecule has 126 valence electrons. The fourth-order valence-corrected chi connectivity index (χ4v) is 1.83. The molecule has 0 aliphatic heterocycles. The Bertz CT molecular complexity index is 753. The summed E-state index contributed by atoms with van der Waals surface area (Å²) in [6.07, 6.45) is -0.657. The van der Waals surface area contributed by atoms with Gasteiger partial charge in [0.25, 0.3) is 11.6 Å². The largest absolute Gasteiger partial charge is 0.453 e. The molecular weight excluding hydrogens is 318 g/mol. The third kappa shape index (κ3) is 4.45. The summed E-state index contributed by atoms with van der Waals surface area (Å²) in [4.78, 5) is 32.5. The van der Waals surface area contributed by atoms with Crippen LogP contribution in [0.2, 0.25) is 0 Å². The first-order valence-corrected chi connectivity index (χ1v) is 7.14. The number of nitro groups is 1. The van der Waals surface area contributed by atoms with Gasteiger partial charge in [0.05, 0.1) is 11.3 Å². The zero-order valence-electron chi connectivity index (χ0n) is 13.1. The Morgan fingerprint density at radius 1 is 1.25 bits per heavy atom. The topological polar surface area (TPSA) is 125 Å². The van der Waals surface area contributed by atoms with E-state index in [0.29, 0.717) is 5.56 Å². The van der Waals surface area contributed by atoms with Gasteiger partial charge in [0.15, 0.2) is 6.10 Å². The molecule has 9 heteroatoms. The molecule has 0 saturated carbocycles. The van der Waals surface area contributed by atoms with E-state index in [1.807, 2.05) is 0 Å². The third-order valence-corrected chi connectivity index (χ3v) is 3.10. The van der Waals surface area contributed by atoms with Crippen molar-refractivity contribution in [3.05, 3.63) is 40.3 Å². The number of ketones is 1. The van der Waals surface area contributed by atoms with E-state index in [1.54, 1.807) is 6.92 Å². The number of Topliss-reactive ketones (excluding diaryl/α,β-unsaturated/α-hetero) is 1. The van der Waals surface area contributed by atoms with Gasteiger partial charge in [-0.15, -0.1) is 10.2 Å². The molecule has 0 amide bonds. The summed E-state index contributed by atoms with van der Waals surface area (Å²) >= 11 is 0. The molecule has 0 unspecified atom stereocenters. The van der Waals surface area contributed by atoms with Crippen LogP contribution in [0.15, 0.2) is 28.7 Å². The van der Waals surface area contributed by atoms with Crippen molar-refractivity contribution in [2.45, 2.75) is 32.8 Å². The van der Waals surface area contributed by atoms with Crippen LogP contribution < -0.4 is 0 Å². The molecule has 1 atom stereocenters. The van der Waals surface area contributed by atoms with Crippen LogP contribution >= 0.6 is 0 Å². The predicted molar refractivity (Wildman–Crippen MR) is 80.8 cm³/mol. The molecule has 0 saturated heterocycles. The summed E-state index contributed by atoms with van der Waals surface area (Å²) < 4.78 is 10.5. The second-order valence-corrected chi connectivity index (χ2v) is 5.08. The highest BCUT2D eigenvalue weighted by atomic mass is 16.6. The summed E-state index contributed by atoms with van der Waals surface area (Å²) in [5.41, 5.74) is 0.459. The number of hydrogen-bond donors (Lipinski definition) is 0. The van der Waals surface area contributed by atoms with Gasteiger partial charge in [-0.25, -0.2) is 0 Å². The lowest BCUT2D eigenvalue weighted by Gasteiger charge is -2.08. The molecule has 0 N–H and O–H groups in total. The van der Waals surface area contributed by atoms with Gasteiger partial charge in [-0.05, 0) is 26.0 Å². The van der Waals surface area contributed by atoms with Crippen LogP contribution in [0.3, 0.4) is 0 Å². The summed E-state index contributed by atoms with van der Waals surface area (Å²) in [5, 5.41) is 18.3. The first-order valence-electron chi connectivity index (χ1n) is 7.14. The predicted octanol–water partition coefficient (Wildman–Crippen LogP) is 2.62. The molecule has 1 heterocycles. The number of benzene rings is 1. The zero-order chi connectivity index (χ0) is 17.7. The summed E-state index contributed by atoms with van der Waals surface area (Å²) in [7, 11) is 0. The average molecular weight is 333 g/mol. The lowest BCUT2D eigenvalue weighted by atomic mass is 10.2. The summed E-state index contributed by atoms with van der Waals surface area (Å²) in [6, 6.07) is 5.62. The number of hydrogen-bond acceptors (Lipinski definition) is 8. The van der Waals surface area contributed by atoms with E-state index >= 15 is 0 Å². The van der Waals surface area contributed by atoms with Crippen LogP contribution in [0.1, 0.15) is 38.7 Å². The maximum Gasteiger partial charge on any atom is 0.307 e. The average Bonchev–Trinajstić information content (AvgIpc) is 3.03. The number of rotatable bonds is 7. The van der Waals surface area contributed by atoms with E-state index in [9.17, 15) is 19.7 Å². The van der Waals surface area contributed by atoms with Gasteiger partial charge < -0.3 is 13.9 Å². The van der Waals surface area contributed by atoms with Gasteiger partial charge >= 0.3 is 5.97 Å². The molecule has 0 bridgehead atoms. The number of esters is 1. The Morgan fingerprint density at radius 3 is 2.50 bits per heavy atom. The standard InChI is InChI=1S/C15H15N3O6/c1-9(19)3-8-13(20)23-10(2)14-16-17-15(24-14)11-4-6-12(7-5-11)18(21)22/h4-7,10H,3,8H2,1-2H3/t10-/m0/s1. The number of nitrogens with zero attached hydrogens (tertiary/aromatic N) is 3. The van der Waals surface area contributed by atoms with E-state index in [1.165, 1.54) is 31.2 Å². The van der Waals surface area contributed by atoms with Crippen molar-refractivity contribution >= 4 is 17.4 Å². The van der Waals surface area contributed by atoms with E-state index in [2.05, 4.69) is 10.2 Å². The Balaban J connectivity index is 2.02. The van der Waals surface area contributed by atoms with Crippen molar-refractivity contribution in [1.82, 2.24) is 10.2 Å². The number of carbonyl (C=O) groups is 2. The fourth-order valence-electron chi connectivity index (χ4n) is 1.83. The van der Waals surface area contributed by atoms with Crippen molar-refractivity contribution in [2.24, 2.45) is 0 Å². The molecule has 2 aromatic rings. The highest BCUT2D eigenvalue weighted by molar-refractivity contribution is 5.81. The van der Waals surface area contributed by atoms with Crippen LogP contribution in [0.5, 0.6) is 0 Å². The van der Waals surface area contributed by atoms with Crippen LogP contribution in [0, 0.1) is 10.1 Å². The van der Waals surface area contributed by atoms with Gasteiger partial charge in [-0.2, -0.15) is 0 Å². The molecule has 0 aliphatic rings. The van der Waals surface area contributed by atoms with Gasteiger partial charge in [0.2, 0.25) is 5.89 Å². The Kier molecular flexibility index (Phi) is 5.35. The first kappa shape index (κ1) is 17.3. The van der Waals surface area contributed by atoms with E-state index in [0.717, 1.165) is 0 Å². The Labute approximate surface area is 136 Å². The molecule has 0 fully saturated rings. The minimum Gasteiger partial charge on any atom is -0.453 e. The molecular formula is C15H15N3O6. The normalized spacial score (nSPS) is 11.8. The first-order chi connectivity index (χ1) is 11.4. The lowest BCUT2D eigenvalue weighted by Crippen LogP contribution is -2.10. The SMILES string of the molecule is CC(=O)CCC(=O)O[C@@H](C)c1nnc(-c2ccc([N+](=O)[O-])cc2)o1. The summed E-state index contributed by atoms with van der Waals surface area (Å²) in [6.45, 7) is 2.96. The number of nitro benzene ring substituents is 1. The molecule has 1 aromatic heterocycles. The minimum absolute atomic E-state index is 0.0109. The molecule has 24 heavy (non-hydrogen) atoms. The molecule has 1 aromatic carbocycles. The van der Waals surface area contributed by atoms with Crippen LogP contribution in [-0.2, 0) is 14.3 Å². The maximum absolute atomic E-state index is 11.6. The van der Waals surface area contributed by atoms with E-state index < -0.39 is 17.0 Å². The van der Waals surface area contributed by atoms with Gasteiger partial charge in [-0.3, -0.25) is 14.9 Å². The molecule has 0 radical (unpaired) electrons. The van der Waals surface area contributed by atoms with Crippen LogP contribution in [0.4, 0.5) is 5.69 Å². The van der Waals surface area contributed by atoms with Crippen molar-refractivity contribution in [2.75, 3.05) is 0 Å². The second kappa shape index (κ2) is 7.44. The van der Waals surface area contributed by atoms with Crippen molar-refractivity contribution in [3.8, 4) is 11.5 Å². The van der Waals surface area contributed by atoms with Crippen molar-refractivity contribution < 1.29 is 23.7 Å². The molecule has 0 spiro atoms. The smallest absolute Gasteiger partial charge is 0.307 e. The number of carbonyl (C=O) groups excluding carboxylic acids is 2.